The van der Waals surface area contributed by atoms with Gasteiger partial charge in [-0.3, -0.25) is 0 Å². The van der Waals surface area contributed by atoms with Crippen LogP contribution in [0.2, 0.25) is 0 Å². The zero-order chi connectivity index (χ0) is 18.8. The van der Waals surface area contributed by atoms with Gasteiger partial charge in [-0.25, -0.2) is 4.99 Å². The minimum absolute atomic E-state index is 0. The molecule has 0 aromatic heterocycles. The number of ether oxygens (including phenoxy) is 1. The molecule has 0 saturated carbocycles. The number of rotatable bonds is 8. The molecule has 1 saturated heterocycles. The lowest BCUT2D eigenvalue weighted by atomic mass is 10.0. The van der Waals surface area contributed by atoms with Crippen molar-refractivity contribution in [3.05, 3.63) is 23.8 Å². The fourth-order valence-corrected chi connectivity index (χ4v) is 3.30. The monoisotopic (exact) mass is 490 g/mol. The van der Waals surface area contributed by atoms with Crippen LogP contribution in [0.3, 0.4) is 0 Å². The molecule has 6 nitrogen and oxygen atoms in total. The molecule has 1 atom stereocenters. The number of phenolic OH excluding ortho intramolecular Hbond substituents is 1. The van der Waals surface area contributed by atoms with Crippen LogP contribution in [0.25, 0.3) is 0 Å². The Hall–Kier alpha value is -1.22. The quantitative estimate of drug-likeness (QED) is 0.226. The standard InChI is InChI=1S/C20H34N4O2.HI/c1-4-21-20(22-11-7-13-24-12-6-5-8-16(24)2)23-15-17-14-18(26-3)9-10-19(17)25;/h9-10,14,16,25H,4-8,11-13,15H2,1-3H3,(H2,21,22,23);1H. The largest absolute Gasteiger partial charge is 0.508 e. The van der Waals surface area contributed by atoms with Crippen molar-refractivity contribution in [2.24, 2.45) is 4.99 Å². The second-order valence-corrected chi connectivity index (χ2v) is 6.85. The van der Waals surface area contributed by atoms with Gasteiger partial charge in [-0.1, -0.05) is 6.42 Å². The van der Waals surface area contributed by atoms with Crippen LogP contribution in [0.5, 0.6) is 11.5 Å². The van der Waals surface area contributed by atoms with E-state index in [0.717, 1.165) is 43.3 Å². The Labute approximate surface area is 180 Å². The van der Waals surface area contributed by atoms with Gasteiger partial charge in [0.2, 0.25) is 0 Å². The number of likely N-dealkylation sites (tertiary alicyclic amines) is 1. The van der Waals surface area contributed by atoms with Crippen LogP contribution < -0.4 is 15.4 Å². The fourth-order valence-electron chi connectivity index (χ4n) is 3.30. The number of aromatic hydroxyl groups is 1. The van der Waals surface area contributed by atoms with E-state index in [1.807, 2.05) is 6.07 Å². The molecule has 1 aliphatic rings. The number of hydrogen-bond donors (Lipinski definition) is 3. The molecule has 1 unspecified atom stereocenters. The van der Waals surface area contributed by atoms with E-state index in [1.165, 1.54) is 25.8 Å². The lowest BCUT2D eigenvalue weighted by Gasteiger charge is -2.33. The summed E-state index contributed by atoms with van der Waals surface area (Å²) >= 11 is 0. The molecule has 0 radical (unpaired) electrons. The van der Waals surface area contributed by atoms with Gasteiger partial charge in [0, 0.05) is 31.2 Å². The average Bonchev–Trinajstić information content (AvgIpc) is 2.65. The number of nitrogens with one attached hydrogen (secondary N) is 2. The summed E-state index contributed by atoms with van der Waals surface area (Å²) in [5.41, 5.74) is 0.753. The number of hydrogen-bond acceptors (Lipinski definition) is 4. The number of phenols is 1. The van der Waals surface area contributed by atoms with Gasteiger partial charge in [-0.2, -0.15) is 0 Å². The molecule has 7 heteroatoms. The summed E-state index contributed by atoms with van der Waals surface area (Å²) in [5, 5.41) is 16.6. The van der Waals surface area contributed by atoms with Crippen LogP contribution in [0.1, 0.15) is 45.1 Å². The van der Waals surface area contributed by atoms with Crippen LogP contribution in [0.4, 0.5) is 0 Å². The average molecular weight is 490 g/mol. The SMILES string of the molecule is CCNC(=NCc1cc(OC)ccc1O)NCCCN1CCCCC1C.I. The number of halogens is 1. The molecule has 0 spiro atoms. The first kappa shape index (κ1) is 23.8. The van der Waals surface area contributed by atoms with E-state index in [2.05, 4.69) is 34.4 Å². The van der Waals surface area contributed by atoms with Crippen molar-refractivity contribution in [3.8, 4) is 11.5 Å². The van der Waals surface area contributed by atoms with Crippen LogP contribution in [0.15, 0.2) is 23.2 Å². The molecule has 1 fully saturated rings. The fraction of sp³-hybridized carbons (Fsp3) is 0.650. The number of guanidine groups is 1. The highest BCUT2D eigenvalue weighted by molar-refractivity contribution is 14.0. The molecule has 2 rings (SSSR count). The molecule has 1 aliphatic heterocycles. The van der Waals surface area contributed by atoms with Crippen molar-refractivity contribution >= 4 is 29.9 Å². The summed E-state index contributed by atoms with van der Waals surface area (Å²) in [4.78, 5) is 7.17. The topological polar surface area (TPSA) is 69.1 Å². The number of benzene rings is 1. The van der Waals surface area contributed by atoms with E-state index in [1.54, 1.807) is 19.2 Å². The first-order chi connectivity index (χ1) is 12.6. The molecule has 0 aliphatic carbocycles. The van der Waals surface area contributed by atoms with Crippen molar-refractivity contribution in [1.82, 2.24) is 15.5 Å². The van der Waals surface area contributed by atoms with E-state index in [0.29, 0.717) is 12.6 Å². The third kappa shape index (κ3) is 8.13. The molecule has 1 aromatic carbocycles. The lowest BCUT2D eigenvalue weighted by molar-refractivity contribution is 0.159. The Morgan fingerprint density at radius 3 is 2.85 bits per heavy atom. The number of aliphatic imine (C=N–C) groups is 1. The van der Waals surface area contributed by atoms with E-state index >= 15 is 0 Å². The predicted octanol–water partition coefficient (Wildman–Crippen LogP) is 3.34. The van der Waals surface area contributed by atoms with Gasteiger partial charge >= 0.3 is 0 Å². The van der Waals surface area contributed by atoms with E-state index in [-0.39, 0.29) is 29.7 Å². The summed E-state index contributed by atoms with van der Waals surface area (Å²) in [6.45, 7) is 8.84. The molecule has 1 aromatic rings. The molecular formula is C20H35IN4O2. The Morgan fingerprint density at radius 1 is 1.33 bits per heavy atom. The van der Waals surface area contributed by atoms with Crippen molar-refractivity contribution in [2.45, 2.75) is 52.1 Å². The van der Waals surface area contributed by atoms with Gasteiger partial charge in [-0.15, -0.1) is 24.0 Å². The second kappa shape index (κ2) is 13.0. The molecule has 0 amide bonds. The highest BCUT2D eigenvalue weighted by Gasteiger charge is 2.17. The van der Waals surface area contributed by atoms with Gasteiger partial charge in [0.05, 0.1) is 13.7 Å². The molecule has 3 N–H and O–H groups in total. The molecule has 1 heterocycles. The normalized spacial score (nSPS) is 17.9. The summed E-state index contributed by atoms with van der Waals surface area (Å²) in [6.07, 6.45) is 5.11. The van der Waals surface area contributed by atoms with Gasteiger partial charge in [-0.05, 0) is 57.9 Å². The molecule has 0 bridgehead atoms. The van der Waals surface area contributed by atoms with Crippen LogP contribution in [-0.2, 0) is 6.54 Å². The van der Waals surface area contributed by atoms with Crippen LogP contribution in [0, 0.1) is 0 Å². The maximum Gasteiger partial charge on any atom is 0.191 e. The number of nitrogens with zero attached hydrogens (tertiary/aromatic N) is 2. The minimum atomic E-state index is 0. The zero-order valence-corrected chi connectivity index (χ0v) is 19.2. The third-order valence-corrected chi connectivity index (χ3v) is 4.89. The van der Waals surface area contributed by atoms with Crippen molar-refractivity contribution < 1.29 is 9.84 Å². The van der Waals surface area contributed by atoms with Gasteiger partial charge in [0.1, 0.15) is 11.5 Å². The van der Waals surface area contributed by atoms with Crippen molar-refractivity contribution in [2.75, 3.05) is 33.3 Å². The highest BCUT2D eigenvalue weighted by Crippen LogP contribution is 2.23. The van der Waals surface area contributed by atoms with E-state index in [9.17, 15) is 5.11 Å². The minimum Gasteiger partial charge on any atom is -0.508 e. The Bertz CT molecular complexity index is 583. The van der Waals surface area contributed by atoms with Gasteiger partial charge < -0.3 is 25.4 Å². The second-order valence-electron chi connectivity index (χ2n) is 6.85. The summed E-state index contributed by atoms with van der Waals surface area (Å²) in [7, 11) is 1.62. The number of methoxy groups -OCH3 is 1. The first-order valence-corrected chi connectivity index (χ1v) is 9.76. The highest BCUT2D eigenvalue weighted by atomic mass is 127. The van der Waals surface area contributed by atoms with Crippen molar-refractivity contribution in [1.29, 1.82) is 0 Å². The van der Waals surface area contributed by atoms with E-state index in [4.69, 9.17) is 4.74 Å². The molecule has 27 heavy (non-hydrogen) atoms. The first-order valence-electron chi connectivity index (χ1n) is 9.76. The predicted molar refractivity (Wildman–Crippen MR) is 122 cm³/mol. The molecule has 154 valence electrons. The maximum atomic E-state index is 9.99. The third-order valence-electron chi connectivity index (χ3n) is 4.89. The number of piperidine rings is 1. The smallest absolute Gasteiger partial charge is 0.191 e. The molecular weight excluding hydrogens is 455 g/mol. The van der Waals surface area contributed by atoms with Crippen LogP contribution >= 0.6 is 24.0 Å². The lowest BCUT2D eigenvalue weighted by Crippen LogP contribution is -2.41. The Kier molecular flexibility index (Phi) is 11.5. The Morgan fingerprint density at radius 2 is 2.15 bits per heavy atom. The summed E-state index contributed by atoms with van der Waals surface area (Å²) in [6, 6.07) is 5.92. The Balaban J connectivity index is 0.00000364. The van der Waals surface area contributed by atoms with Gasteiger partial charge in [0.15, 0.2) is 5.96 Å². The van der Waals surface area contributed by atoms with E-state index < -0.39 is 0 Å². The summed E-state index contributed by atoms with van der Waals surface area (Å²) < 4.78 is 5.21. The zero-order valence-electron chi connectivity index (χ0n) is 16.8. The van der Waals surface area contributed by atoms with Crippen LogP contribution in [-0.4, -0.2) is 55.3 Å². The van der Waals surface area contributed by atoms with Gasteiger partial charge in [0.25, 0.3) is 0 Å². The summed E-state index contributed by atoms with van der Waals surface area (Å²) in [5.74, 6) is 1.74. The van der Waals surface area contributed by atoms with Crippen molar-refractivity contribution in [3.63, 3.8) is 0 Å². The maximum absolute atomic E-state index is 9.99.